The fraction of sp³-hybridized carbons (Fsp3) is 0.320. The van der Waals surface area contributed by atoms with Crippen LogP contribution in [0.1, 0.15) is 23.1 Å². The topological polar surface area (TPSA) is 44.4 Å². The van der Waals surface area contributed by atoms with Crippen LogP contribution in [-0.2, 0) is 24.1 Å². The van der Waals surface area contributed by atoms with Gasteiger partial charge >= 0.3 is 6.18 Å². The molecule has 4 nitrogen and oxygen atoms in total. The number of halogens is 3. The van der Waals surface area contributed by atoms with Gasteiger partial charge in [-0.25, -0.2) is 0 Å². The number of hydrogen-bond donors (Lipinski definition) is 2. The first-order valence-electron chi connectivity index (χ1n) is 10.7. The maximum absolute atomic E-state index is 13.0. The van der Waals surface area contributed by atoms with E-state index in [4.69, 9.17) is 0 Å². The maximum atomic E-state index is 13.0. The normalized spacial score (nSPS) is 19.4. The summed E-state index contributed by atoms with van der Waals surface area (Å²) in [5, 5.41) is 8.40. The lowest BCUT2D eigenvalue weighted by Gasteiger charge is -2.23. The number of rotatable bonds is 6. The Morgan fingerprint density at radius 2 is 1.78 bits per heavy atom. The molecule has 1 saturated heterocycles. The van der Waals surface area contributed by atoms with E-state index in [9.17, 15) is 18.0 Å². The molecule has 2 N–H and O–H groups in total. The summed E-state index contributed by atoms with van der Waals surface area (Å²) in [6.07, 6.45) is -3.75. The van der Waals surface area contributed by atoms with Crippen LogP contribution in [0.4, 0.5) is 13.2 Å². The first kappa shape index (κ1) is 22.3. The van der Waals surface area contributed by atoms with Gasteiger partial charge in [-0.3, -0.25) is 9.69 Å². The van der Waals surface area contributed by atoms with Crippen LogP contribution < -0.4 is 10.6 Å². The van der Waals surface area contributed by atoms with Crippen molar-refractivity contribution in [2.75, 3.05) is 13.6 Å². The molecule has 1 aliphatic heterocycles. The Morgan fingerprint density at radius 3 is 2.53 bits per heavy atom. The van der Waals surface area contributed by atoms with Gasteiger partial charge in [0.1, 0.15) is 0 Å². The van der Waals surface area contributed by atoms with Crippen molar-refractivity contribution in [1.29, 1.82) is 0 Å². The summed E-state index contributed by atoms with van der Waals surface area (Å²) in [7, 11) is 1.62. The molecule has 0 saturated carbocycles. The van der Waals surface area contributed by atoms with E-state index in [1.807, 2.05) is 12.1 Å². The molecular weight excluding hydrogens is 415 g/mol. The molecule has 0 unspecified atom stereocenters. The summed E-state index contributed by atoms with van der Waals surface area (Å²) >= 11 is 0. The minimum atomic E-state index is -4.36. The summed E-state index contributed by atoms with van der Waals surface area (Å²) in [6.45, 7) is 1.59. The Hall–Kier alpha value is -2.90. The molecule has 32 heavy (non-hydrogen) atoms. The molecule has 168 valence electrons. The summed E-state index contributed by atoms with van der Waals surface area (Å²) in [4.78, 5) is 14.6. The van der Waals surface area contributed by atoms with Crippen molar-refractivity contribution < 1.29 is 18.0 Å². The third-order valence-corrected chi connectivity index (χ3v) is 6.00. The molecular formula is C25H26F3N3O. The van der Waals surface area contributed by atoms with Crippen molar-refractivity contribution in [1.82, 2.24) is 15.5 Å². The van der Waals surface area contributed by atoms with Crippen molar-refractivity contribution >= 4 is 16.7 Å². The number of nitrogens with zero attached hydrogens (tertiary/aromatic N) is 1. The zero-order valence-corrected chi connectivity index (χ0v) is 17.8. The number of carbonyl (C=O) groups excluding carboxylic acids is 1. The van der Waals surface area contributed by atoms with E-state index in [-0.39, 0.29) is 18.0 Å². The van der Waals surface area contributed by atoms with Gasteiger partial charge in [-0.2, -0.15) is 13.2 Å². The van der Waals surface area contributed by atoms with Gasteiger partial charge in [-0.05, 0) is 40.5 Å². The number of nitrogens with one attached hydrogen (secondary N) is 2. The van der Waals surface area contributed by atoms with Crippen molar-refractivity contribution in [3.05, 3.63) is 83.4 Å². The molecule has 0 spiro atoms. The van der Waals surface area contributed by atoms with E-state index < -0.39 is 11.7 Å². The van der Waals surface area contributed by atoms with Crippen LogP contribution in [0.3, 0.4) is 0 Å². The molecule has 0 bridgehead atoms. The monoisotopic (exact) mass is 441 g/mol. The van der Waals surface area contributed by atoms with Gasteiger partial charge in [0.25, 0.3) is 0 Å². The van der Waals surface area contributed by atoms with Gasteiger partial charge in [0.05, 0.1) is 11.6 Å². The summed E-state index contributed by atoms with van der Waals surface area (Å²) < 4.78 is 38.9. The molecule has 2 atom stereocenters. The molecule has 3 aromatic carbocycles. The second-order valence-electron chi connectivity index (χ2n) is 8.25. The number of amides is 1. The molecule has 3 aromatic rings. The average molecular weight is 441 g/mol. The fourth-order valence-electron chi connectivity index (χ4n) is 4.36. The van der Waals surface area contributed by atoms with Gasteiger partial charge in [-0.15, -0.1) is 0 Å². The van der Waals surface area contributed by atoms with E-state index in [1.165, 1.54) is 17.5 Å². The molecule has 1 aliphatic rings. The smallest absolute Gasteiger partial charge is 0.358 e. The SMILES string of the molecule is CNC(=O)[C@@H]1C[C@@H](NCc2cccc(C(F)(F)F)c2)CN1Cc1ccc2ccccc2c1. The molecule has 1 heterocycles. The number of hydrogen-bond acceptors (Lipinski definition) is 3. The van der Waals surface area contributed by atoms with E-state index in [0.29, 0.717) is 31.6 Å². The van der Waals surface area contributed by atoms with Gasteiger partial charge in [0.15, 0.2) is 0 Å². The van der Waals surface area contributed by atoms with Gasteiger partial charge < -0.3 is 10.6 Å². The number of likely N-dealkylation sites (N-methyl/N-ethyl adjacent to an activating group) is 1. The third kappa shape index (κ3) is 5.11. The highest BCUT2D eigenvalue weighted by Crippen LogP contribution is 2.30. The van der Waals surface area contributed by atoms with E-state index in [0.717, 1.165) is 17.0 Å². The molecule has 1 amide bonds. The number of alkyl halides is 3. The highest BCUT2D eigenvalue weighted by atomic mass is 19.4. The van der Waals surface area contributed by atoms with Crippen LogP contribution in [0.5, 0.6) is 0 Å². The average Bonchev–Trinajstić information content (AvgIpc) is 3.19. The van der Waals surface area contributed by atoms with Crippen molar-refractivity contribution in [3.8, 4) is 0 Å². The summed E-state index contributed by atoms with van der Waals surface area (Å²) in [5.41, 5.74) is 1.05. The van der Waals surface area contributed by atoms with Crippen molar-refractivity contribution in [2.24, 2.45) is 0 Å². The second-order valence-corrected chi connectivity index (χ2v) is 8.25. The Bertz CT molecular complexity index is 1100. The van der Waals surface area contributed by atoms with Crippen molar-refractivity contribution in [3.63, 3.8) is 0 Å². The Kier molecular flexibility index (Phi) is 6.48. The summed E-state index contributed by atoms with van der Waals surface area (Å²) in [5.74, 6) is -0.0471. The largest absolute Gasteiger partial charge is 0.416 e. The molecule has 0 aliphatic carbocycles. The summed E-state index contributed by atoms with van der Waals surface area (Å²) in [6, 6.07) is 19.5. The fourth-order valence-corrected chi connectivity index (χ4v) is 4.36. The Balaban J connectivity index is 1.44. The zero-order valence-electron chi connectivity index (χ0n) is 17.8. The lowest BCUT2D eigenvalue weighted by atomic mass is 10.1. The molecule has 7 heteroatoms. The van der Waals surface area contributed by atoms with Crippen LogP contribution in [-0.4, -0.2) is 36.5 Å². The number of carbonyl (C=O) groups is 1. The van der Waals surface area contributed by atoms with Crippen molar-refractivity contribution in [2.45, 2.75) is 37.8 Å². The molecule has 1 fully saturated rings. The van der Waals surface area contributed by atoms with Gasteiger partial charge in [0.2, 0.25) is 5.91 Å². The van der Waals surface area contributed by atoms with E-state index in [2.05, 4.69) is 45.9 Å². The lowest BCUT2D eigenvalue weighted by Crippen LogP contribution is -2.41. The first-order chi connectivity index (χ1) is 15.3. The predicted molar refractivity (Wildman–Crippen MR) is 119 cm³/mol. The standard InChI is InChI=1S/C25H26F3N3O/c1-29-24(32)23-13-22(30-14-17-5-4-8-21(12-17)25(26,27)28)16-31(23)15-18-9-10-19-6-2-3-7-20(19)11-18/h2-12,22-23,30H,13-16H2,1H3,(H,29,32)/t22-,23+/m1/s1. The number of fused-ring (bicyclic) bond motifs is 1. The highest BCUT2D eigenvalue weighted by molar-refractivity contribution is 5.83. The van der Waals surface area contributed by atoms with Gasteiger partial charge in [-0.1, -0.05) is 54.6 Å². The minimum Gasteiger partial charge on any atom is -0.358 e. The molecule has 0 aromatic heterocycles. The Morgan fingerprint density at radius 1 is 1.00 bits per heavy atom. The quantitative estimate of drug-likeness (QED) is 0.598. The van der Waals surface area contributed by atoms with Crippen LogP contribution >= 0.6 is 0 Å². The second kappa shape index (κ2) is 9.30. The van der Waals surface area contributed by atoms with Crippen LogP contribution in [0.15, 0.2) is 66.7 Å². The molecule has 0 radical (unpaired) electrons. The highest BCUT2D eigenvalue weighted by Gasteiger charge is 2.36. The first-order valence-corrected chi connectivity index (χ1v) is 10.7. The van der Waals surface area contributed by atoms with Crippen LogP contribution in [0.25, 0.3) is 10.8 Å². The van der Waals surface area contributed by atoms with E-state index in [1.54, 1.807) is 13.1 Å². The lowest BCUT2D eigenvalue weighted by molar-refractivity contribution is -0.137. The van der Waals surface area contributed by atoms with Crippen LogP contribution in [0.2, 0.25) is 0 Å². The van der Waals surface area contributed by atoms with E-state index >= 15 is 0 Å². The minimum absolute atomic E-state index is 0.00676. The molecule has 4 rings (SSSR count). The maximum Gasteiger partial charge on any atom is 0.416 e. The number of likely N-dealkylation sites (tertiary alicyclic amines) is 1. The zero-order chi connectivity index (χ0) is 22.7. The number of benzene rings is 3. The third-order valence-electron chi connectivity index (χ3n) is 6.00. The van der Waals surface area contributed by atoms with Crippen LogP contribution in [0, 0.1) is 0 Å². The van der Waals surface area contributed by atoms with Gasteiger partial charge in [0, 0.05) is 32.7 Å². The predicted octanol–water partition coefficient (Wildman–Crippen LogP) is 4.34. The Labute approximate surface area is 185 Å².